The van der Waals surface area contributed by atoms with Crippen molar-refractivity contribution in [3.05, 3.63) is 53.9 Å². The molecule has 26 heavy (non-hydrogen) atoms. The van der Waals surface area contributed by atoms with Gasteiger partial charge in [0.1, 0.15) is 22.6 Å². The first-order valence-electron chi connectivity index (χ1n) is 7.87. The molecule has 8 heteroatoms. The number of nitrogens with one attached hydrogen (secondary N) is 1. The SMILES string of the molecule is Cc1ccc(O)cc1-n1c(N)c(C(N)=O)c2nc(-c3cn[nH]c3)ccc21. The van der Waals surface area contributed by atoms with E-state index in [4.69, 9.17) is 11.5 Å². The number of nitrogens with two attached hydrogens (primary N) is 2. The van der Waals surface area contributed by atoms with Gasteiger partial charge in [-0.15, -0.1) is 0 Å². The first-order chi connectivity index (χ1) is 12.5. The second-order valence-corrected chi connectivity index (χ2v) is 5.98. The second kappa shape index (κ2) is 5.62. The number of fused-ring (bicyclic) bond motifs is 1. The molecule has 0 bridgehead atoms. The van der Waals surface area contributed by atoms with Crippen molar-refractivity contribution in [3.8, 4) is 22.7 Å². The lowest BCUT2D eigenvalue weighted by atomic mass is 10.2. The number of hydrogen-bond acceptors (Lipinski definition) is 5. The van der Waals surface area contributed by atoms with Crippen molar-refractivity contribution < 1.29 is 9.90 Å². The van der Waals surface area contributed by atoms with Crippen LogP contribution in [0, 0.1) is 6.92 Å². The summed E-state index contributed by atoms with van der Waals surface area (Å²) in [5.74, 6) is -0.394. The van der Waals surface area contributed by atoms with Gasteiger partial charge in [-0.1, -0.05) is 6.07 Å². The van der Waals surface area contributed by atoms with Crippen LogP contribution in [0.2, 0.25) is 0 Å². The maximum Gasteiger partial charge on any atom is 0.254 e. The first-order valence-corrected chi connectivity index (χ1v) is 7.87. The van der Waals surface area contributed by atoms with Crippen LogP contribution in [0.25, 0.3) is 28.0 Å². The smallest absolute Gasteiger partial charge is 0.254 e. The molecular formula is C18H16N6O2. The van der Waals surface area contributed by atoms with Crippen LogP contribution in [0.15, 0.2) is 42.7 Å². The molecule has 0 radical (unpaired) electrons. The highest BCUT2D eigenvalue weighted by Gasteiger charge is 2.23. The third-order valence-electron chi connectivity index (χ3n) is 4.32. The molecular weight excluding hydrogens is 332 g/mol. The summed E-state index contributed by atoms with van der Waals surface area (Å²) < 4.78 is 1.68. The van der Waals surface area contributed by atoms with Crippen molar-refractivity contribution in [2.75, 3.05) is 5.73 Å². The molecule has 4 aromatic rings. The molecule has 1 amide bonds. The van der Waals surface area contributed by atoms with Crippen molar-refractivity contribution in [3.63, 3.8) is 0 Å². The van der Waals surface area contributed by atoms with Gasteiger partial charge in [0.2, 0.25) is 0 Å². The van der Waals surface area contributed by atoms with Crippen LogP contribution in [0.4, 0.5) is 5.82 Å². The summed E-state index contributed by atoms with van der Waals surface area (Å²) in [5.41, 5.74) is 15.9. The lowest BCUT2D eigenvalue weighted by Gasteiger charge is -2.12. The largest absolute Gasteiger partial charge is 0.508 e. The number of amides is 1. The summed E-state index contributed by atoms with van der Waals surface area (Å²) in [6.45, 7) is 1.89. The molecule has 0 atom stereocenters. The molecule has 0 saturated carbocycles. The van der Waals surface area contributed by atoms with E-state index in [0.717, 1.165) is 11.1 Å². The molecule has 6 N–H and O–H groups in total. The zero-order valence-corrected chi connectivity index (χ0v) is 13.9. The molecule has 0 aliphatic carbocycles. The van der Waals surface area contributed by atoms with Crippen molar-refractivity contribution >= 4 is 22.8 Å². The number of anilines is 1. The number of carbonyl (C=O) groups is 1. The van der Waals surface area contributed by atoms with Gasteiger partial charge in [-0.05, 0) is 30.7 Å². The average molecular weight is 348 g/mol. The van der Waals surface area contributed by atoms with Gasteiger partial charge >= 0.3 is 0 Å². The fourth-order valence-electron chi connectivity index (χ4n) is 3.07. The van der Waals surface area contributed by atoms with Crippen molar-refractivity contribution in [1.82, 2.24) is 19.7 Å². The minimum Gasteiger partial charge on any atom is -0.508 e. The van der Waals surface area contributed by atoms with Gasteiger partial charge in [0, 0.05) is 17.8 Å². The van der Waals surface area contributed by atoms with E-state index in [1.54, 1.807) is 35.2 Å². The topological polar surface area (TPSA) is 136 Å². The summed E-state index contributed by atoms with van der Waals surface area (Å²) in [7, 11) is 0. The second-order valence-electron chi connectivity index (χ2n) is 5.98. The quantitative estimate of drug-likeness (QED) is 0.449. The van der Waals surface area contributed by atoms with Gasteiger partial charge in [0.05, 0.1) is 23.1 Å². The number of nitrogen functional groups attached to an aromatic ring is 1. The Morgan fingerprint density at radius 3 is 2.77 bits per heavy atom. The molecule has 3 heterocycles. The number of aromatic nitrogens is 4. The molecule has 0 spiro atoms. The van der Waals surface area contributed by atoms with E-state index in [-0.39, 0.29) is 17.1 Å². The number of primary amides is 1. The van der Waals surface area contributed by atoms with Crippen molar-refractivity contribution in [2.45, 2.75) is 6.92 Å². The molecule has 4 rings (SSSR count). The van der Waals surface area contributed by atoms with Crippen LogP contribution in [0.3, 0.4) is 0 Å². The van der Waals surface area contributed by atoms with Crippen molar-refractivity contribution in [2.24, 2.45) is 5.73 Å². The highest BCUT2D eigenvalue weighted by atomic mass is 16.3. The molecule has 1 aromatic carbocycles. The summed E-state index contributed by atoms with van der Waals surface area (Å²) in [6.07, 6.45) is 3.34. The van der Waals surface area contributed by atoms with Gasteiger partial charge in [0.15, 0.2) is 0 Å². The zero-order valence-electron chi connectivity index (χ0n) is 13.9. The average Bonchev–Trinajstić information content (AvgIpc) is 3.22. The Hall–Kier alpha value is -3.81. The highest BCUT2D eigenvalue weighted by Crippen LogP contribution is 2.34. The summed E-state index contributed by atoms with van der Waals surface area (Å²) in [4.78, 5) is 16.6. The molecule has 0 aliphatic rings. The number of hydrogen-bond donors (Lipinski definition) is 4. The summed E-state index contributed by atoms with van der Waals surface area (Å²) in [5, 5.41) is 16.5. The van der Waals surface area contributed by atoms with E-state index >= 15 is 0 Å². The minimum absolute atomic E-state index is 0.0930. The van der Waals surface area contributed by atoms with E-state index in [0.29, 0.717) is 22.4 Å². The predicted octanol–water partition coefficient (Wildman–Crippen LogP) is 2.11. The maximum atomic E-state index is 12.1. The van der Waals surface area contributed by atoms with E-state index in [1.807, 2.05) is 19.1 Å². The maximum absolute atomic E-state index is 12.1. The number of H-pyrrole nitrogens is 1. The number of benzene rings is 1. The monoisotopic (exact) mass is 348 g/mol. The Bertz CT molecular complexity index is 1140. The number of rotatable bonds is 3. The molecule has 0 aliphatic heterocycles. The number of nitrogens with zero attached hydrogens (tertiary/aromatic N) is 3. The number of pyridine rings is 1. The fourth-order valence-corrected chi connectivity index (χ4v) is 3.07. The van der Waals surface area contributed by atoms with E-state index in [1.165, 1.54) is 0 Å². The van der Waals surface area contributed by atoms with Crippen LogP contribution >= 0.6 is 0 Å². The van der Waals surface area contributed by atoms with Crippen LogP contribution in [-0.2, 0) is 0 Å². The van der Waals surface area contributed by atoms with E-state index in [2.05, 4.69) is 15.2 Å². The molecule has 3 aromatic heterocycles. The molecule has 8 nitrogen and oxygen atoms in total. The van der Waals surface area contributed by atoms with E-state index < -0.39 is 5.91 Å². The van der Waals surface area contributed by atoms with Gasteiger partial charge < -0.3 is 16.6 Å². The Morgan fingerprint density at radius 2 is 2.08 bits per heavy atom. The lowest BCUT2D eigenvalue weighted by molar-refractivity contribution is 0.100. The molecule has 130 valence electrons. The zero-order chi connectivity index (χ0) is 18.4. The number of aromatic hydroxyl groups is 1. The number of aromatic amines is 1. The number of phenols is 1. The Labute approximate surface area is 148 Å². The Balaban J connectivity index is 2.07. The third-order valence-corrected chi connectivity index (χ3v) is 4.32. The van der Waals surface area contributed by atoms with Crippen LogP contribution < -0.4 is 11.5 Å². The van der Waals surface area contributed by atoms with Crippen LogP contribution in [0.1, 0.15) is 15.9 Å². The van der Waals surface area contributed by atoms with E-state index in [9.17, 15) is 9.90 Å². The number of aryl methyl sites for hydroxylation is 1. The Kier molecular flexibility index (Phi) is 3.40. The minimum atomic E-state index is -0.666. The normalized spacial score (nSPS) is 11.1. The Morgan fingerprint density at radius 1 is 1.27 bits per heavy atom. The van der Waals surface area contributed by atoms with Crippen molar-refractivity contribution in [1.29, 1.82) is 0 Å². The van der Waals surface area contributed by atoms with Gasteiger partial charge in [0.25, 0.3) is 5.91 Å². The predicted molar refractivity (Wildman–Crippen MR) is 98.0 cm³/mol. The number of carbonyl (C=O) groups excluding carboxylic acids is 1. The van der Waals surface area contributed by atoms with Crippen LogP contribution in [0.5, 0.6) is 5.75 Å². The third kappa shape index (κ3) is 2.27. The highest BCUT2D eigenvalue weighted by molar-refractivity contribution is 6.10. The lowest BCUT2D eigenvalue weighted by Crippen LogP contribution is -2.14. The fraction of sp³-hybridized carbons (Fsp3) is 0.0556. The summed E-state index contributed by atoms with van der Waals surface area (Å²) >= 11 is 0. The first kappa shape index (κ1) is 15.7. The molecule has 0 saturated heterocycles. The van der Waals surface area contributed by atoms with Gasteiger partial charge in [-0.25, -0.2) is 4.98 Å². The summed E-state index contributed by atoms with van der Waals surface area (Å²) in [6, 6.07) is 8.57. The molecule has 0 fully saturated rings. The molecule has 0 unspecified atom stereocenters. The van der Waals surface area contributed by atoms with Gasteiger partial charge in [-0.2, -0.15) is 5.10 Å². The van der Waals surface area contributed by atoms with Crippen LogP contribution in [-0.4, -0.2) is 30.8 Å². The number of phenolic OH excluding ortho intramolecular Hbond substituents is 1. The standard InChI is InChI=1S/C18H16N6O2/c1-9-2-3-11(25)6-14(9)24-13-5-4-12(10-7-21-22-8-10)23-16(13)15(17(24)19)18(20)26/h2-8,25H,19H2,1H3,(H2,20,26)(H,21,22). The van der Waals surface area contributed by atoms with Gasteiger partial charge in [-0.3, -0.25) is 14.5 Å².